The molecular weight excluding hydrogens is 1070 g/mol. The van der Waals surface area contributed by atoms with Gasteiger partial charge in [-0.2, -0.15) is 0 Å². The SMILES string of the molecule is O=C(C=Cc1ccccc1)C=Cc1ccccc1.O=C(C=Cc1ccccc1)C=Cc1ccccc1.O=C(C=Cc1ccccc1)C=Cc1ccccc1.O=C(O)O.[CsH].[Pd].[Pd]. The molecule has 6 nitrogen and oxygen atoms in total. The predicted octanol–water partition coefficient (Wildman–Crippen LogP) is 11.5. The molecule has 9 heteroatoms. The minimum absolute atomic E-state index is 0. The third-order valence-electron chi connectivity index (χ3n) is 7.44. The zero-order valence-electron chi connectivity index (χ0n) is 32.4. The van der Waals surface area contributed by atoms with Crippen molar-refractivity contribution in [2.45, 2.75) is 0 Å². The summed E-state index contributed by atoms with van der Waals surface area (Å²) >= 11 is 0. The molecule has 0 aliphatic carbocycles. The van der Waals surface area contributed by atoms with Crippen LogP contribution in [0.15, 0.2) is 218 Å². The molecule has 0 radical (unpaired) electrons. The van der Waals surface area contributed by atoms with Gasteiger partial charge in [-0.05, 0) is 69.8 Å². The molecule has 0 spiro atoms. The Balaban J connectivity index is 0.000000827. The molecule has 6 aromatic rings. The van der Waals surface area contributed by atoms with Gasteiger partial charge in [0.15, 0.2) is 17.3 Å². The van der Waals surface area contributed by atoms with E-state index >= 15 is 0 Å². The predicted molar refractivity (Wildman–Crippen MR) is 246 cm³/mol. The van der Waals surface area contributed by atoms with E-state index in [4.69, 9.17) is 15.0 Å². The molecular formula is C52H45CsO6Pd2. The number of ketones is 3. The van der Waals surface area contributed by atoms with Crippen molar-refractivity contribution in [1.82, 2.24) is 0 Å². The molecule has 2 N–H and O–H groups in total. The van der Waals surface area contributed by atoms with Gasteiger partial charge in [-0.1, -0.05) is 218 Å². The van der Waals surface area contributed by atoms with Gasteiger partial charge in [0.1, 0.15) is 0 Å². The van der Waals surface area contributed by atoms with Crippen LogP contribution in [0.1, 0.15) is 33.4 Å². The van der Waals surface area contributed by atoms with Crippen molar-refractivity contribution in [2.75, 3.05) is 0 Å². The number of rotatable bonds is 12. The van der Waals surface area contributed by atoms with E-state index < -0.39 is 6.16 Å². The fourth-order valence-electron chi connectivity index (χ4n) is 4.62. The standard InChI is InChI=1S/3C17H14O.CH2O3.Cs.2Pd.H/c3*18-17(13-11-15-7-3-1-4-8-15)14-12-16-9-5-2-6-10-16;2-1(3)4;;;;/h3*1-14H;(H2,2,3,4);;;;. The Morgan fingerprint density at radius 2 is 0.393 bits per heavy atom. The van der Waals surface area contributed by atoms with E-state index in [0.29, 0.717) is 0 Å². The monoisotopic (exact) mass is 1110 g/mol. The summed E-state index contributed by atoms with van der Waals surface area (Å²) in [6.07, 6.45) is 18.5. The van der Waals surface area contributed by atoms with Crippen LogP contribution in [0, 0.1) is 0 Å². The molecule has 0 bridgehead atoms. The Bertz CT molecular complexity index is 1880. The van der Waals surface area contributed by atoms with E-state index in [1.807, 2.05) is 218 Å². The Kier molecular flexibility index (Phi) is 33.4. The van der Waals surface area contributed by atoms with Crippen molar-refractivity contribution in [3.8, 4) is 0 Å². The minimum Gasteiger partial charge on any atom is 0 e. The first-order valence-corrected chi connectivity index (χ1v) is 18.2. The van der Waals surface area contributed by atoms with E-state index in [-0.39, 0.29) is 127 Å². The normalized spacial score (nSPS) is 10.2. The molecule has 0 aromatic heterocycles. The zero-order valence-corrected chi connectivity index (χ0v) is 35.5. The fraction of sp³-hybridized carbons (Fsp3) is 0. The molecule has 0 amide bonds. The molecule has 6 aromatic carbocycles. The molecule has 0 atom stereocenters. The Morgan fingerprint density at radius 3 is 0.508 bits per heavy atom. The van der Waals surface area contributed by atoms with E-state index in [0.717, 1.165) is 33.4 Å². The van der Waals surface area contributed by atoms with Crippen LogP contribution in [0.5, 0.6) is 0 Å². The third kappa shape index (κ3) is 29.3. The van der Waals surface area contributed by atoms with E-state index in [1.54, 1.807) is 36.5 Å². The first-order valence-electron chi connectivity index (χ1n) is 18.2. The van der Waals surface area contributed by atoms with Crippen LogP contribution >= 0.6 is 0 Å². The number of carbonyl (C=O) groups is 4. The summed E-state index contributed by atoms with van der Waals surface area (Å²) < 4.78 is 0. The number of allylic oxidation sites excluding steroid dienone is 6. The van der Waals surface area contributed by atoms with Crippen molar-refractivity contribution in [2.24, 2.45) is 0 Å². The maximum Gasteiger partial charge on any atom is 0 e. The number of hydrogen-bond acceptors (Lipinski definition) is 4. The summed E-state index contributed by atoms with van der Waals surface area (Å²) in [4.78, 5) is 43.4. The summed E-state index contributed by atoms with van der Waals surface area (Å²) in [5.74, 6) is -0.0341. The van der Waals surface area contributed by atoms with Crippen LogP contribution in [-0.2, 0) is 55.2 Å². The molecule has 0 saturated carbocycles. The summed E-state index contributed by atoms with van der Waals surface area (Å²) in [7, 11) is 0. The van der Waals surface area contributed by atoms with Crippen LogP contribution in [0.4, 0.5) is 4.79 Å². The maximum absolute atomic E-state index is 11.6. The summed E-state index contributed by atoms with van der Waals surface area (Å²) in [5.41, 5.74) is 6.16. The van der Waals surface area contributed by atoms with Crippen LogP contribution in [-0.4, -0.2) is 103 Å². The zero-order chi connectivity index (χ0) is 41.5. The van der Waals surface area contributed by atoms with Gasteiger partial charge in [-0.25, -0.2) is 4.79 Å². The number of hydrogen-bond donors (Lipinski definition) is 2. The molecule has 61 heavy (non-hydrogen) atoms. The Hall–Kier alpha value is -4.58. The van der Waals surface area contributed by atoms with Gasteiger partial charge in [-0.15, -0.1) is 0 Å². The smallest absolute Gasteiger partial charge is 0 e. The quantitative estimate of drug-likeness (QED) is 0.0933. The number of carboxylic acid groups (broad SMARTS) is 2. The van der Waals surface area contributed by atoms with E-state index in [2.05, 4.69) is 0 Å². The summed E-state index contributed by atoms with van der Waals surface area (Å²) in [6, 6.07) is 58.7. The second kappa shape index (κ2) is 36.1. The topological polar surface area (TPSA) is 109 Å². The van der Waals surface area contributed by atoms with Gasteiger partial charge >= 0.3 is 75.0 Å². The van der Waals surface area contributed by atoms with Crippen molar-refractivity contribution in [3.05, 3.63) is 252 Å². The Morgan fingerprint density at radius 1 is 0.279 bits per heavy atom. The molecule has 310 valence electrons. The maximum atomic E-state index is 11.6. The Labute approximate surface area is 445 Å². The molecule has 0 heterocycles. The van der Waals surface area contributed by atoms with Gasteiger partial charge in [0.25, 0.3) is 0 Å². The number of carbonyl (C=O) groups excluding carboxylic acids is 3. The first-order chi connectivity index (χ1) is 28.3. The molecule has 0 saturated heterocycles. The molecule has 0 aliphatic rings. The van der Waals surface area contributed by atoms with Crippen LogP contribution in [0.3, 0.4) is 0 Å². The average Bonchev–Trinajstić information content (AvgIpc) is 3.27. The van der Waals surface area contributed by atoms with Gasteiger partial charge in [0.05, 0.1) is 0 Å². The molecule has 0 unspecified atom stereocenters. The first kappa shape index (κ1) is 56.4. The summed E-state index contributed by atoms with van der Waals surface area (Å²) in [5, 5.41) is 13.9. The molecule has 0 aliphatic heterocycles. The minimum atomic E-state index is -1.83. The molecule has 0 fully saturated rings. The largest absolute Gasteiger partial charge is 0 e. The average molecular weight is 1110 g/mol. The fourth-order valence-corrected chi connectivity index (χ4v) is 4.62. The van der Waals surface area contributed by atoms with Crippen molar-refractivity contribution in [1.29, 1.82) is 0 Å². The van der Waals surface area contributed by atoms with Crippen LogP contribution in [0.25, 0.3) is 36.5 Å². The summed E-state index contributed by atoms with van der Waals surface area (Å²) in [6.45, 7) is 0. The van der Waals surface area contributed by atoms with Crippen LogP contribution < -0.4 is 0 Å². The van der Waals surface area contributed by atoms with Crippen LogP contribution in [0.2, 0.25) is 0 Å². The third-order valence-corrected chi connectivity index (χ3v) is 7.44. The molecule has 6 rings (SSSR count). The second-order valence-electron chi connectivity index (χ2n) is 12.0. The van der Waals surface area contributed by atoms with E-state index in [1.165, 1.54) is 0 Å². The van der Waals surface area contributed by atoms with Crippen molar-refractivity contribution < 1.29 is 70.2 Å². The van der Waals surface area contributed by atoms with Gasteiger partial charge in [0, 0.05) is 40.8 Å². The van der Waals surface area contributed by atoms with E-state index in [9.17, 15) is 14.4 Å². The van der Waals surface area contributed by atoms with Gasteiger partial charge in [0.2, 0.25) is 0 Å². The van der Waals surface area contributed by atoms with Gasteiger partial charge < -0.3 is 10.2 Å². The second-order valence-corrected chi connectivity index (χ2v) is 12.0. The van der Waals surface area contributed by atoms with Crippen molar-refractivity contribution in [3.63, 3.8) is 0 Å². The van der Waals surface area contributed by atoms with Gasteiger partial charge in [-0.3, -0.25) is 14.4 Å². The van der Waals surface area contributed by atoms with Crippen molar-refractivity contribution >= 4 is 129 Å². The number of benzene rings is 6.